The number of nitrogens with one attached hydrogen (secondary N) is 1. The van der Waals surface area contributed by atoms with Crippen LogP contribution in [0, 0.1) is 0 Å². The lowest BCUT2D eigenvalue weighted by molar-refractivity contribution is 0.0746. The molecule has 1 N–H and O–H groups in total. The van der Waals surface area contributed by atoms with Crippen molar-refractivity contribution < 1.29 is 4.79 Å². The number of aryl methyl sites for hydroxylation is 1. The van der Waals surface area contributed by atoms with Crippen LogP contribution in [-0.4, -0.2) is 22.3 Å². The van der Waals surface area contributed by atoms with Crippen molar-refractivity contribution in [2.24, 2.45) is 0 Å². The molecule has 0 radical (unpaired) electrons. The maximum absolute atomic E-state index is 12.9. The van der Waals surface area contributed by atoms with Gasteiger partial charge in [0.05, 0.1) is 0 Å². The van der Waals surface area contributed by atoms with Crippen LogP contribution in [0.15, 0.2) is 72.9 Å². The summed E-state index contributed by atoms with van der Waals surface area (Å²) in [6, 6.07) is 22.0. The second kappa shape index (κ2) is 8.99. The van der Waals surface area contributed by atoms with Gasteiger partial charge in [-0.3, -0.25) is 9.78 Å². The molecule has 27 heavy (non-hydrogen) atoms. The molecule has 0 atom stereocenters. The second-order valence-corrected chi connectivity index (χ2v) is 6.41. The van der Waals surface area contributed by atoms with Crippen LogP contribution in [0.25, 0.3) is 0 Å². The molecule has 2 aromatic carbocycles. The summed E-state index contributed by atoms with van der Waals surface area (Å²) in [7, 11) is 0. The van der Waals surface area contributed by atoms with Crippen molar-refractivity contribution in [1.82, 2.24) is 9.88 Å². The molecule has 0 aliphatic carbocycles. The van der Waals surface area contributed by atoms with Crippen LogP contribution in [0.4, 0.5) is 11.4 Å². The minimum atomic E-state index is -0.0636. The normalized spacial score (nSPS) is 10.4. The molecule has 4 heteroatoms. The third kappa shape index (κ3) is 4.94. The summed E-state index contributed by atoms with van der Waals surface area (Å²) in [5.41, 5.74) is 4.70. The Kier molecular flexibility index (Phi) is 6.21. The molecule has 0 saturated heterocycles. The molecule has 0 spiro atoms. The third-order valence-corrected chi connectivity index (χ3v) is 4.52. The van der Waals surface area contributed by atoms with E-state index in [2.05, 4.69) is 41.5 Å². The zero-order valence-electron chi connectivity index (χ0n) is 15.9. The fourth-order valence-corrected chi connectivity index (χ4v) is 2.91. The quantitative estimate of drug-likeness (QED) is 0.642. The molecule has 3 rings (SSSR count). The van der Waals surface area contributed by atoms with Crippen molar-refractivity contribution in [2.45, 2.75) is 26.8 Å². The predicted octanol–water partition coefficient (Wildman–Crippen LogP) is 5.05. The number of carbonyl (C=O) groups excluding carboxylic acids is 1. The van der Waals surface area contributed by atoms with E-state index in [9.17, 15) is 4.79 Å². The molecule has 138 valence electrons. The number of hydrogen-bond donors (Lipinski definition) is 1. The van der Waals surface area contributed by atoms with E-state index in [-0.39, 0.29) is 5.91 Å². The van der Waals surface area contributed by atoms with Gasteiger partial charge >= 0.3 is 0 Å². The smallest absolute Gasteiger partial charge is 0.272 e. The Morgan fingerprint density at radius 2 is 1.67 bits per heavy atom. The fourth-order valence-electron chi connectivity index (χ4n) is 2.91. The van der Waals surface area contributed by atoms with E-state index in [0.717, 1.165) is 23.4 Å². The summed E-state index contributed by atoms with van der Waals surface area (Å²) in [5.74, 6) is -0.0636. The molecule has 3 aromatic rings. The second-order valence-electron chi connectivity index (χ2n) is 6.41. The van der Waals surface area contributed by atoms with Crippen LogP contribution in [-0.2, 0) is 13.0 Å². The molecule has 0 bridgehead atoms. The number of pyridine rings is 1. The topological polar surface area (TPSA) is 45.2 Å². The minimum Gasteiger partial charge on any atom is -0.355 e. The van der Waals surface area contributed by atoms with Gasteiger partial charge in [0.1, 0.15) is 5.69 Å². The number of benzene rings is 2. The van der Waals surface area contributed by atoms with E-state index < -0.39 is 0 Å². The van der Waals surface area contributed by atoms with Crippen molar-refractivity contribution in [3.8, 4) is 0 Å². The van der Waals surface area contributed by atoms with Crippen molar-refractivity contribution in [2.75, 3.05) is 11.9 Å². The van der Waals surface area contributed by atoms with Gasteiger partial charge in [-0.15, -0.1) is 0 Å². The van der Waals surface area contributed by atoms with Gasteiger partial charge in [0.15, 0.2) is 0 Å². The molecule has 0 fully saturated rings. The van der Waals surface area contributed by atoms with Gasteiger partial charge in [-0.05, 0) is 48.7 Å². The van der Waals surface area contributed by atoms with Crippen molar-refractivity contribution >= 4 is 17.3 Å². The van der Waals surface area contributed by atoms with Gasteiger partial charge in [-0.2, -0.15) is 0 Å². The van der Waals surface area contributed by atoms with E-state index in [4.69, 9.17) is 0 Å². The molecule has 1 heterocycles. The molecule has 0 aliphatic rings. The molecule has 0 aliphatic heterocycles. The first-order valence-electron chi connectivity index (χ1n) is 9.34. The van der Waals surface area contributed by atoms with Gasteiger partial charge in [0, 0.05) is 30.7 Å². The Morgan fingerprint density at radius 3 is 2.33 bits per heavy atom. The standard InChI is InChI=1S/C23H25N3O/c1-3-18-10-12-20(13-11-18)25-21-14-15-24-22(16-21)23(27)26(4-2)17-19-8-6-5-7-9-19/h5-16H,3-4,17H2,1-2H3,(H,24,25). The summed E-state index contributed by atoms with van der Waals surface area (Å²) >= 11 is 0. The highest BCUT2D eigenvalue weighted by Crippen LogP contribution is 2.19. The highest BCUT2D eigenvalue weighted by molar-refractivity contribution is 5.93. The number of rotatable bonds is 7. The van der Waals surface area contributed by atoms with Crippen LogP contribution in [0.1, 0.15) is 35.5 Å². The first-order chi connectivity index (χ1) is 13.2. The third-order valence-electron chi connectivity index (χ3n) is 4.52. The fraction of sp³-hybridized carbons (Fsp3) is 0.217. The average molecular weight is 359 g/mol. The van der Waals surface area contributed by atoms with E-state index >= 15 is 0 Å². The average Bonchev–Trinajstić information content (AvgIpc) is 2.73. The Balaban J connectivity index is 1.73. The lowest BCUT2D eigenvalue weighted by Crippen LogP contribution is -2.31. The minimum absolute atomic E-state index is 0.0636. The maximum atomic E-state index is 12.9. The number of hydrogen-bond acceptors (Lipinski definition) is 3. The van der Waals surface area contributed by atoms with Gasteiger partial charge in [0.2, 0.25) is 0 Å². The Hall–Kier alpha value is -3.14. The molecule has 1 aromatic heterocycles. The van der Waals surface area contributed by atoms with Gasteiger partial charge in [0.25, 0.3) is 5.91 Å². The van der Waals surface area contributed by atoms with Crippen LogP contribution in [0.5, 0.6) is 0 Å². The predicted molar refractivity (Wildman–Crippen MR) is 110 cm³/mol. The molecule has 4 nitrogen and oxygen atoms in total. The Bertz CT molecular complexity index is 876. The Labute approximate surface area is 160 Å². The van der Waals surface area contributed by atoms with Gasteiger partial charge in [-0.1, -0.05) is 49.4 Å². The van der Waals surface area contributed by atoms with Crippen LogP contribution in [0.2, 0.25) is 0 Å². The monoisotopic (exact) mass is 359 g/mol. The maximum Gasteiger partial charge on any atom is 0.272 e. The zero-order chi connectivity index (χ0) is 19.1. The number of amides is 1. The zero-order valence-corrected chi connectivity index (χ0v) is 15.9. The lowest BCUT2D eigenvalue weighted by atomic mass is 10.1. The van der Waals surface area contributed by atoms with Gasteiger partial charge < -0.3 is 10.2 Å². The molecular weight excluding hydrogens is 334 g/mol. The SMILES string of the molecule is CCc1ccc(Nc2ccnc(C(=O)N(CC)Cc3ccccc3)c2)cc1. The first kappa shape index (κ1) is 18.6. The molecule has 0 unspecified atom stereocenters. The van der Waals surface area contributed by atoms with E-state index in [1.165, 1.54) is 5.56 Å². The molecular formula is C23H25N3O. The number of anilines is 2. The Morgan fingerprint density at radius 1 is 0.926 bits per heavy atom. The summed E-state index contributed by atoms with van der Waals surface area (Å²) in [6.07, 6.45) is 2.69. The van der Waals surface area contributed by atoms with E-state index in [1.54, 1.807) is 11.1 Å². The largest absolute Gasteiger partial charge is 0.355 e. The highest BCUT2D eigenvalue weighted by atomic mass is 16.2. The number of carbonyl (C=O) groups is 1. The van der Waals surface area contributed by atoms with E-state index in [0.29, 0.717) is 18.8 Å². The van der Waals surface area contributed by atoms with Crippen LogP contribution >= 0.6 is 0 Å². The lowest BCUT2D eigenvalue weighted by Gasteiger charge is -2.21. The van der Waals surface area contributed by atoms with Crippen molar-refractivity contribution in [3.63, 3.8) is 0 Å². The summed E-state index contributed by atoms with van der Waals surface area (Å²) in [6.45, 7) is 5.33. The van der Waals surface area contributed by atoms with Crippen molar-refractivity contribution in [1.29, 1.82) is 0 Å². The summed E-state index contributed by atoms with van der Waals surface area (Å²) < 4.78 is 0. The van der Waals surface area contributed by atoms with Crippen LogP contribution in [0.3, 0.4) is 0 Å². The number of aromatic nitrogens is 1. The highest BCUT2D eigenvalue weighted by Gasteiger charge is 2.16. The molecule has 0 saturated carbocycles. The van der Waals surface area contributed by atoms with Gasteiger partial charge in [-0.25, -0.2) is 0 Å². The summed E-state index contributed by atoms with van der Waals surface area (Å²) in [5, 5.41) is 3.35. The first-order valence-corrected chi connectivity index (χ1v) is 9.34. The van der Waals surface area contributed by atoms with Crippen molar-refractivity contribution in [3.05, 3.63) is 89.7 Å². The summed E-state index contributed by atoms with van der Waals surface area (Å²) in [4.78, 5) is 19.0. The van der Waals surface area contributed by atoms with Crippen LogP contribution < -0.4 is 5.32 Å². The van der Waals surface area contributed by atoms with E-state index in [1.807, 2.05) is 49.4 Å². The number of nitrogens with zero attached hydrogens (tertiary/aromatic N) is 2. The molecule has 1 amide bonds.